The summed E-state index contributed by atoms with van der Waals surface area (Å²) in [5.41, 5.74) is 5.56. The van der Waals surface area contributed by atoms with E-state index in [2.05, 4.69) is 65.3 Å². The Balaban J connectivity index is 1.56. The lowest BCUT2D eigenvalue weighted by molar-refractivity contribution is -0.111. The molecule has 0 aromatic heterocycles. The Morgan fingerprint density at radius 2 is 1.47 bits per heavy atom. The Labute approximate surface area is 202 Å². The Kier molecular flexibility index (Phi) is 6.35. The van der Waals surface area contributed by atoms with Gasteiger partial charge in [0.05, 0.1) is 5.69 Å². The first kappa shape index (κ1) is 22.2. The summed E-state index contributed by atoms with van der Waals surface area (Å²) in [7, 11) is 0. The van der Waals surface area contributed by atoms with Gasteiger partial charge < -0.3 is 4.90 Å². The number of para-hydroxylation sites is 1. The summed E-state index contributed by atoms with van der Waals surface area (Å²) in [4.78, 5) is 17.3. The minimum Gasteiger partial charge on any atom is -0.372 e. The van der Waals surface area contributed by atoms with Crippen LogP contribution in [0.5, 0.6) is 0 Å². The van der Waals surface area contributed by atoms with E-state index in [9.17, 15) is 4.79 Å². The van der Waals surface area contributed by atoms with Crippen LogP contribution < -0.4 is 14.8 Å². The first-order chi connectivity index (χ1) is 16.7. The van der Waals surface area contributed by atoms with Crippen LogP contribution in [-0.4, -0.2) is 24.7 Å². The average Bonchev–Trinajstić information content (AvgIpc) is 3.31. The molecule has 0 N–H and O–H groups in total. The molecule has 5 nitrogen and oxygen atoms in total. The number of benzene rings is 3. The van der Waals surface area contributed by atoms with Gasteiger partial charge in [0.25, 0.3) is 0 Å². The minimum absolute atomic E-state index is 0.0475. The van der Waals surface area contributed by atoms with Gasteiger partial charge in [-0.1, -0.05) is 49.4 Å². The average molecular weight is 453 g/mol. The van der Waals surface area contributed by atoms with Crippen LogP contribution in [-0.2, 0) is 11.2 Å². The maximum Gasteiger partial charge on any atom is 0.198 e. The molecule has 5 rings (SSSR count). The van der Waals surface area contributed by atoms with Crippen LogP contribution in [0.15, 0.2) is 84.0 Å². The number of hydrogen-bond acceptors (Lipinski definition) is 5. The number of ketones is 1. The summed E-state index contributed by atoms with van der Waals surface area (Å²) in [6.45, 7) is 5.97. The van der Waals surface area contributed by atoms with Crippen molar-refractivity contribution in [2.24, 2.45) is 5.10 Å². The van der Waals surface area contributed by atoms with Gasteiger partial charge in [-0.25, -0.2) is 5.01 Å². The summed E-state index contributed by atoms with van der Waals surface area (Å²) < 4.78 is 0. The molecule has 5 heteroatoms. The van der Waals surface area contributed by atoms with E-state index in [0.29, 0.717) is 5.84 Å². The van der Waals surface area contributed by atoms with Gasteiger partial charge in [0.15, 0.2) is 17.8 Å². The second-order valence-electron chi connectivity index (χ2n) is 9.06. The summed E-state index contributed by atoms with van der Waals surface area (Å²) in [6, 6.07) is 27.4. The molecule has 2 heterocycles. The molecule has 0 radical (unpaired) electrons. The van der Waals surface area contributed by atoms with Crippen LogP contribution in [0.2, 0.25) is 0 Å². The molecule has 0 spiro atoms. The van der Waals surface area contributed by atoms with E-state index in [1.54, 1.807) is 6.92 Å². The lowest BCUT2D eigenvalue weighted by Crippen LogP contribution is -2.37. The van der Waals surface area contributed by atoms with E-state index in [1.165, 1.54) is 30.5 Å². The van der Waals surface area contributed by atoms with Crippen LogP contribution >= 0.6 is 0 Å². The highest BCUT2D eigenvalue weighted by molar-refractivity contribution is 6.44. The topological polar surface area (TPSA) is 39.2 Å². The number of Topliss-reactive ketones (excluding diaryl/α,β-unsaturated/α-hetero) is 1. The number of carbonyl (C=O) groups is 1. The van der Waals surface area contributed by atoms with Crippen molar-refractivity contribution in [3.05, 3.63) is 90.0 Å². The molecule has 174 valence electrons. The molecule has 3 aromatic rings. The number of anilines is 3. The zero-order chi connectivity index (χ0) is 23.5. The number of nitrogens with zero attached hydrogens (tertiary/aromatic N) is 4. The number of carbonyl (C=O) groups excluding carboxylic acids is 1. The van der Waals surface area contributed by atoms with Crippen molar-refractivity contribution < 1.29 is 4.79 Å². The van der Waals surface area contributed by atoms with Gasteiger partial charge in [0.2, 0.25) is 0 Å². The van der Waals surface area contributed by atoms with Crippen molar-refractivity contribution in [2.75, 3.05) is 27.9 Å². The molecule has 0 unspecified atom stereocenters. The highest BCUT2D eigenvalue weighted by Gasteiger charge is 2.39. The number of aryl methyl sites for hydroxylation is 1. The zero-order valence-corrected chi connectivity index (χ0v) is 20.0. The molecule has 0 amide bonds. The Bertz CT molecular complexity index is 1150. The molecule has 0 bridgehead atoms. The van der Waals surface area contributed by atoms with Crippen LogP contribution in [0, 0.1) is 0 Å². The third-order valence-electron chi connectivity index (χ3n) is 6.78. The maximum atomic E-state index is 12.8. The predicted molar refractivity (Wildman–Crippen MR) is 141 cm³/mol. The predicted octanol–water partition coefficient (Wildman–Crippen LogP) is 6.17. The van der Waals surface area contributed by atoms with Crippen molar-refractivity contribution in [3.8, 4) is 0 Å². The first-order valence-electron chi connectivity index (χ1n) is 12.3. The van der Waals surface area contributed by atoms with Crippen LogP contribution in [0.25, 0.3) is 0 Å². The molecule has 1 fully saturated rings. The largest absolute Gasteiger partial charge is 0.372 e. The van der Waals surface area contributed by atoms with Crippen molar-refractivity contribution in [2.45, 2.75) is 45.7 Å². The van der Waals surface area contributed by atoms with Crippen molar-refractivity contribution in [1.29, 1.82) is 0 Å². The van der Waals surface area contributed by atoms with Crippen molar-refractivity contribution in [1.82, 2.24) is 0 Å². The van der Waals surface area contributed by atoms with E-state index < -0.39 is 0 Å². The summed E-state index contributed by atoms with van der Waals surface area (Å²) in [6.07, 6.45) is 4.56. The third kappa shape index (κ3) is 4.30. The fourth-order valence-electron chi connectivity index (χ4n) is 4.91. The smallest absolute Gasteiger partial charge is 0.198 e. The molecular formula is C29H32N4O. The lowest BCUT2D eigenvalue weighted by atomic mass is 10.1. The van der Waals surface area contributed by atoms with Crippen molar-refractivity contribution >= 4 is 28.7 Å². The lowest BCUT2D eigenvalue weighted by Gasteiger charge is -2.33. The molecule has 2 aliphatic rings. The minimum atomic E-state index is -0.243. The third-order valence-corrected chi connectivity index (χ3v) is 6.78. The van der Waals surface area contributed by atoms with Crippen molar-refractivity contribution in [3.63, 3.8) is 0 Å². The van der Waals surface area contributed by atoms with Crippen LogP contribution in [0.3, 0.4) is 0 Å². The molecule has 0 saturated carbocycles. The van der Waals surface area contributed by atoms with Gasteiger partial charge in [-0.15, -0.1) is 5.10 Å². The van der Waals surface area contributed by atoms with E-state index in [-0.39, 0.29) is 11.9 Å². The highest BCUT2D eigenvalue weighted by atomic mass is 16.1. The summed E-state index contributed by atoms with van der Waals surface area (Å²) in [5.74, 6) is 0.410. The number of hydrogen-bond donors (Lipinski definition) is 0. The number of rotatable bonds is 6. The quantitative estimate of drug-likeness (QED) is 0.449. The van der Waals surface area contributed by atoms with Gasteiger partial charge in [-0.05, 0) is 73.2 Å². The number of amidine groups is 1. The molecule has 3 aromatic carbocycles. The van der Waals surface area contributed by atoms with Crippen LogP contribution in [0.1, 0.15) is 50.4 Å². The maximum absolute atomic E-state index is 12.8. The molecule has 2 aliphatic heterocycles. The fourth-order valence-corrected chi connectivity index (χ4v) is 4.91. The van der Waals surface area contributed by atoms with Gasteiger partial charge >= 0.3 is 0 Å². The number of piperidine rings is 1. The molecular weight excluding hydrogens is 420 g/mol. The summed E-state index contributed by atoms with van der Waals surface area (Å²) in [5, 5.41) is 6.81. The SMILES string of the molecule is CCc1ccc([C@@H]2N(c3ccccc3)N=C(C(C)=O)N2c2ccc(N3CCCCC3)cc2)cc1. The zero-order valence-electron chi connectivity index (χ0n) is 20.0. The second kappa shape index (κ2) is 9.72. The normalized spacial score (nSPS) is 18.2. The Morgan fingerprint density at radius 3 is 2.09 bits per heavy atom. The van der Waals surface area contributed by atoms with Gasteiger partial charge in [-0.2, -0.15) is 0 Å². The second-order valence-corrected chi connectivity index (χ2v) is 9.06. The van der Waals surface area contributed by atoms with Gasteiger partial charge in [-0.3, -0.25) is 9.69 Å². The monoisotopic (exact) mass is 452 g/mol. The fraction of sp³-hybridized carbons (Fsp3) is 0.310. The summed E-state index contributed by atoms with van der Waals surface area (Å²) >= 11 is 0. The Morgan fingerprint density at radius 1 is 0.824 bits per heavy atom. The van der Waals surface area contributed by atoms with E-state index in [1.807, 2.05) is 35.3 Å². The Hall–Kier alpha value is -3.60. The van der Waals surface area contributed by atoms with E-state index in [0.717, 1.165) is 36.4 Å². The van der Waals surface area contributed by atoms with E-state index in [4.69, 9.17) is 5.10 Å². The van der Waals surface area contributed by atoms with Gasteiger partial charge in [0, 0.05) is 31.4 Å². The molecule has 34 heavy (non-hydrogen) atoms. The molecule has 1 atom stereocenters. The molecule has 1 saturated heterocycles. The van der Waals surface area contributed by atoms with Crippen LogP contribution in [0.4, 0.5) is 17.1 Å². The molecule has 0 aliphatic carbocycles. The number of hydrazone groups is 1. The highest BCUT2D eigenvalue weighted by Crippen LogP contribution is 2.39. The standard InChI is InChI=1S/C29H32N4O/c1-3-23-12-14-24(15-13-23)29-32(26-18-16-25(17-19-26)31-20-8-5-9-21-31)28(22(2)34)30-33(29)27-10-6-4-7-11-27/h4,6-7,10-19,29H,3,5,8-9,20-21H2,1-2H3/t29-/m0/s1. The van der Waals surface area contributed by atoms with E-state index >= 15 is 0 Å². The van der Waals surface area contributed by atoms with Gasteiger partial charge in [0.1, 0.15) is 0 Å². The first-order valence-corrected chi connectivity index (χ1v) is 12.3.